The van der Waals surface area contributed by atoms with Crippen molar-refractivity contribution in [2.45, 2.75) is 45.3 Å². The van der Waals surface area contributed by atoms with Crippen LogP contribution in [0.4, 0.5) is 0 Å². The molecule has 5 nitrogen and oxygen atoms in total. The first-order valence-electron chi connectivity index (χ1n) is 11.6. The zero-order valence-electron chi connectivity index (χ0n) is 19.9. The Labute approximate surface area is 226 Å². The largest absolute Gasteiger partial charge is 0.484 e. The summed E-state index contributed by atoms with van der Waals surface area (Å²) >= 11 is 8.43. The Bertz CT molecular complexity index is 1110. The maximum Gasteiger partial charge on any atom is 0.261 e. The van der Waals surface area contributed by atoms with Crippen LogP contribution in [0.25, 0.3) is 0 Å². The highest BCUT2D eigenvalue weighted by Gasteiger charge is 2.31. The van der Waals surface area contributed by atoms with E-state index in [2.05, 4.69) is 27.9 Å². The Kier molecular flexibility index (Phi) is 10.4. The van der Waals surface area contributed by atoms with Gasteiger partial charge in [-0.05, 0) is 83.5 Å². The van der Waals surface area contributed by atoms with Gasteiger partial charge in [0.2, 0.25) is 5.91 Å². The summed E-state index contributed by atoms with van der Waals surface area (Å²) in [6.07, 6.45) is 1.18. The van der Waals surface area contributed by atoms with Crippen LogP contribution in [0.1, 0.15) is 31.4 Å². The van der Waals surface area contributed by atoms with E-state index in [9.17, 15) is 9.59 Å². The van der Waals surface area contributed by atoms with Gasteiger partial charge in [0.15, 0.2) is 6.61 Å². The van der Waals surface area contributed by atoms with Crippen LogP contribution >= 0.6 is 34.2 Å². The van der Waals surface area contributed by atoms with Crippen molar-refractivity contribution >= 4 is 46.0 Å². The molecule has 3 aromatic carbocycles. The van der Waals surface area contributed by atoms with Crippen LogP contribution in [0.2, 0.25) is 5.02 Å². The second kappa shape index (κ2) is 13.5. The van der Waals surface area contributed by atoms with Crippen LogP contribution < -0.4 is 10.1 Å². The van der Waals surface area contributed by atoms with Crippen molar-refractivity contribution in [1.82, 2.24) is 10.2 Å². The molecular weight excluding hydrogens is 575 g/mol. The number of nitrogens with zero attached hydrogens (tertiary/aromatic N) is 1. The van der Waals surface area contributed by atoms with Gasteiger partial charge in [-0.25, -0.2) is 0 Å². The van der Waals surface area contributed by atoms with Gasteiger partial charge in [0.05, 0.1) is 0 Å². The van der Waals surface area contributed by atoms with Crippen LogP contribution in [0.5, 0.6) is 5.75 Å². The highest BCUT2D eigenvalue weighted by Crippen LogP contribution is 2.19. The summed E-state index contributed by atoms with van der Waals surface area (Å²) in [5.41, 5.74) is 1.81. The van der Waals surface area contributed by atoms with Gasteiger partial charge >= 0.3 is 0 Å². The van der Waals surface area contributed by atoms with Gasteiger partial charge in [-0.1, -0.05) is 61.0 Å². The molecule has 0 spiro atoms. The molecule has 2 atom stereocenters. The predicted octanol–water partition coefficient (Wildman–Crippen LogP) is 5.88. The first-order valence-corrected chi connectivity index (χ1v) is 13.1. The van der Waals surface area contributed by atoms with Gasteiger partial charge in [-0.3, -0.25) is 9.59 Å². The van der Waals surface area contributed by atoms with Crippen LogP contribution in [-0.2, 0) is 22.6 Å². The number of carbonyl (C=O) groups excluding carboxylic acids is 2. The van der Waals surface area contributed by atoms with E-state index in [4.69, 9.17) is 16.3 Å². The molecule has 0 heterocycles. The average Bonchev–Trinajstić information content (AvgIpc) is 2.86. The fourth-order valence-electron chi connectivity index (χ4n) is 3.59. The molecular formula is C28H30ClIN2O3. The molecule has 3 aromatic rings. The second-order valence-corrected chi connectivity index (χ2v) is 10.1. The van der Waals surface area contributed by atoms with E-state index in [0.29, 0.717) is 17.2 Å². The Morgan fingerprint density at radius 2 is 1.69 bits per heavy atom. The lowest BCUT2D eigenvalue weighted by Crippen LogP contribution is -2.53. The fraction of sp³-hybridized carbons (Fsp3) is 0.286. The molecule has 2 amide bonds. The third-order valence-corrected chi connectivity index (χ3v) is 6.64. The summed E-state index contributed by atoms with van der Waals surface area (Å²) in [6.45, 7) is 4.03. The maximum atomic E-state index is 13.6. The maximum absolute atomic E-state index is 13.6. The number of hydrogen-bond acceptors (Lipinski definition) is 3. The number of nitrogens with one attached hydrogen (secondary N) is 1. The molecule has 7 heteroatoms. The van der Waals surface area contributed by atoms with E-state index < -0.39 is 6.04 Å². The van der Waals surface area contributed by atoms with Gasteiger partial charge in [0.1, 0.15) is 11.8 Å². The Balaban J connectivity index is 1.90. The minimum Gasteiger partial charge on any atom is -0.484 e. The van der Waals surface area contributed by atoms with Crippen molar-refractivity contribution in [3.63, 3.8) is 0 Å². The molecule has 0 aliphatic heterocycles. The highest BCUT2D eigenvalue weighted by atomic mass is 127. The first-order chi connectivity index (χ1) is 16.9. The van der Waals surface area contributed by atoms with E-state index in [1.165, 1.54) is 0 Å². The predicted molar refractivity (Wildman–Crippen MR) is 148 cm³/mol. The molecule has 3 rings (SSSR count). The van der Waals surface area contributed by atoms with Gasteiger partial charge in [-0.15, -0.1) is 0 Å². The van der Waals surface area contributed by atoms with Gasteiger partial charge in [0, 0.05) is 27.6 Å². The quantitative estimate of drug-likeness (QED) is 0.278. The zero-order chi connectivity index (χ0) is 25.2. The number of halogens is 2. The standard InChI is InChI=1S/C28H30ClIN2O3/c1-3-20(2)31-28(34)26(17-21-8-5-4-6-9-21)32(18-22-10-7-11-23(29)16-22)27(33)19-35-25-14-12-24(30)13-15-25/h4-16,20,26H,3,17-19H2,1-2H3,(H,31,34)/t20-,26-/m0/s1. The highest BCUT2D eigenvalue weighted by molar-refractivity contribution is 14.1. The van der Waals surface area contributed by atoms with Crippen LogP contribution in [0, 0.1) is 3.57 Å². The minimum atomic E-state index is -0.710. The van der Waals surface area contributed by atoms with Crippen LogP contribution in [0.15, 0.2) is 78.9 Å². The molecule has 35 heavy (non-hydrogen) atoms. The first kappa shape index (κ1) is 27.0. The van der Waals surface area contributed by atoms with Crippen molar-refractivity contribution in [2.75, 3.05) is 6.61 Å². The minimum absolute atomic E-state index is 0.00747. The summed E-state index contributed by atoms with van der Waals surface area (Å²) < 4.78 is 6.87. The third-order valence-electron chi connectivity index (χ3n) is 5.69. The van der Waals surface area contributed by atoms with Gasteiger partial charge < -0.3 is 15.0 Å². The number of rotatable bonds is 11. The summed E-state index contributed by atoms with van der Waals surface area (Å²) in [7, 11) is 0. The Morgan fingerprint density at radius 3 is 2.34 bits per heavy atom. The number of hydrogen-bond donors (Lipinski definition) is 1. The van der Waals surface area contributed by atoms with E-state index in [1.807, 2.05) is 86.6 Å². The van der Waals surface area contributed by atoms with E-state index in [-0.39, 0.29) is 31.0 Å². The topological polar surface area (TPSA) is 58.6 Å². The van der Waals surface area contributed by atoms with Crippen molar-refractivity contribution in [3.8, 4) is 5.75 Å². The smallest absolute Gasteiger partial charge is 0.261 e. The summed E-state index contributed by atoms with van der Waals surface area (Å²) in [6, 6.07) is 23.8. The van der Waals surface area contributed by atoms with Gasteiger partial charge in [-0.2, -0.15) is 0 Å². The number of benzene rings is 3. The van der Waals surface area contributed by atoms with Crippen molar-refractivity contribution < 1.29 is 14.3 Å². The molecule has 0 saturated carbocycles. The number of ether oxygens (including phenoxy) is 1. The molecule has 0 fully saturated rings. The molecule has 0 aliphatic rings. The Hall–Kier alpha value is -2.58. The lowest BCUT2D eigenvalue weighted by Gasteiger charge is -2.32. The summed E-state index contributed by atoms with van der Waals surface area (Å²) in [4.78, 5) is 28.6. The van der Waals surface area contributed by atoms with Crippen molar-refractivity contribution in [2.24, 2.45) is 0 Å². The van der Waals surface area contributed by atoms with Crippen molar-refractivity contribution in [1.29, 1.82) is 0 Å². The average molecular weight is 605 g/mol. The lowest BCUT2D eigenvalue weighted by molar-refractivity contribution is -0.143. The van der Waals surface area contributed by atoms with E-state index in [0.717, 1.165) is 21.1 Å². The second-order valence-electron chi connectivity index (χ2n) is 8.42. The molecule has 0 aliphatic carbocycles. The SMILES string of the molecule is CC[C@H](C)NC(=O)[C@H](Cc1ccccc1)N(Cc1cccc(Cl)c1)C(=O)COc1ccc(I)cc1. The monoisotopic (exact) mass is 604 g/mol. The number of carbonyl (C=O) groups is 2. The van der Waals surface area contributed by atoms with E-state index in [1.54, 1.807) is 11.0 Å². The molecule has 0 unspecified atom stereocenters. The fourth-order valence-corrected chi connectivity index (χ4v) is 4.16. The number of amides is 2. The molecule has 0 bridgehead atoms. The Morgan fingerprint density at radius 1 is 1.00 bits per heavy atom. The zero-order valence-corrected chi connectivity index (χ0v) is 22.8. The summed E-state index contributed by atoms with van der Waals surface area (Å²) in [5.74, 6) is 0.141. The van der Waals surface area contributed by atoms with Gasteiger partial charge in [0.25, 0.3) is 5.91 Å². The lowest BCUT2D eigenvalue weighted by atomic mass is 10.0. The van der Waals surface area contributed by atoms with Crippen LogP contribution in [-0.4, -0.2) is 35.4 Å². The van der Waals surface area contributed by atoms with Crippen LogP contribution in [0.3, 0.4) is 0 Å². The molecule has 0 aromatic heterocycles. The van der Waals surface area contributed by atoms with Crippen molar-refractivity contribution in [3.05, 3.63) is 98.6 Å². The molecule has 0 radical (unpaired) electrons. The third kappa shape index (κ3) is 8.54. The summed E-state index contributed by atoms with van der Waals surface area (Å²) in [5, 5.41) is 3.64. The van der Waals surface area contributed by atoms with E-state index >= 15 is 0 Å². The molecule has 0 saturated heterocycles. The molecule has 1 N–H and O–H groups in total. The molecule has 184 valence electrons. The normalized spacial score (nSPS) is 12.5.